The van der Waals surface area contributed by atoms with Gasteiger partial charge in [-0.1, -0.05) is 41.4 Å². The summed E-state index contributed by atoms with van der Waals surface area (Å²) in [6.45, 7) is -0.543. The van der Waals surface area contributed by atoms with Crippen molar-refractivity contribution in [2.24, 2.45) is 0 Å². The fourth-order valence-electron chi connectivity index (χ4n) is 2.36. The third-order valence-corrected chi connectivity index (χ3v) is 4.49. The van der Waals surface area contributed by atoms with E-state index in [9.17, 15) is 14.4 Å². The molecule has 27 heavy (non-hydrogen) atoms. The molecule has 1 aliphatic rings. The highest BCUT2D eigenvalue weighted by atomic mass is 35.5. The highest BCUT2D eigenvalue weighted by molar-refractivity contribution is 6.39. The summed E-state index contributed by atoms with van der Waals surface area (Å²) in [6, 6.07) is 11.4. The molecule has 8 heteroatoms. The van der Waals surface area contributed by atoms with E-state index in [2.05, 4.69) is 10.6 Å². The molecular weight excluding hydrogens is 391 g/mol. The summed E-state index contributed by atoms with van der Waals surface area (Å²) in [4.78, 5) is 36.5. The summed E-state index contributed by atoms with van der Waals surface area (Å²) in [5.41, 5.74) is 0.684. The van der Waals surface area contributed by atoms with Gasteiger partial charge in [0, 0.05) is 6.04 Å². The Morgan fingerprint density at radius 1 is 1.00 bits per heavy atom. The number of carbonyl (C=O) groups excluding carboxylic acids is 3. The van der Waals surface area contributed by atoms with Gasteiger partial charge in [0.05, 0.1) is 26.9 Å². The van der Waals surface area contributed by atoms with Gasteiger partial charge in [0.15, 0.2) is 6.61 Å². The number of para-hydroxylation sites is 1. The lowest BCUT2D eigenvalue weighted by atomic mass is 10.1. The van der Waals surface area contributed by atoms with E-state index in [-0.39, 0.29) is 27.6 Å². The molecule has 2 aromatic carbocycles. The Morgan fingerprint density at radius 2 is 1.67 bits per heavy atom. The van der Waals surface area contributed by atoms with E-state index in [0.717, 1.165) is 12.8 Å². The molecule has 1 fully saturated rings. The number of carbonyl (C=O) groups is 3. The van der Waals surface area contributed by atoms with Crippen molar-refractivity contribution in [1.82, 2.24) is 5.32 Å². The topological polar surface area (TPSA) is 84.5 Å². The second-order valence-corrected chi connectivity index (χ2v) is 6.83. The standard InChI is InChI=1S/C19H16Cl2N2O4/c20-13-5-3-6-14(21)17(13)19(26)27-10-16(24)23-15-7-2-1-4-12(15)18(25)22-11-8-9-11/h1-7,11H,8-10H2,(H,22,25)(H,23,24). The largest absolute Gasteiger partial charge is 0.452 e. The van der Waals surface area contributed by atoms with Crippen molar-refractivity contribution in [2.75, 3.05) is 11.9 Å². The quantitative estimate of drug-likeness (QED) is 0.716. The molecule has 0 unspecified atom stereocenters. The molecule has 0 saturated heterocycles. The summed E-state index contributed by atoms with van der Waals surface area (Å²) in [6.07, 6.45) is 1.92. The maximum Gasteiger partial charge on any atom is 0.341 e. The number of nitrogens with one attached hydrogen (secondary N) is 2. The van der Waals surface area contributed by atoms with Gasteiger partial charge in [0.1, 0.15) is 0 Å². The SMILES string of the molecule is O=C(COC(=O)c1c(Cl)cccc1Cl)Nc1ccccc1C(=O)NC1CC1. The van der Waals surface area contributed by atoms with E-state index in [0.29, 0.717) is 11.3 Å². The number of esters is 1. The van der Waals surface area contributed by atoms with Gasteiger partial charge in [-0.05, 0) is 37.1 Å². The zero-order chi connectivity index (χ0) is 19.4. The van der Waals surface area contributed by atoms with Gasteiger partial charge in [-0.2, -0.15) is 0 Å². The molecule has 2 N–H and O–H groups in total. The minimum Gasteiger partial charge on any atom is -0.452 e. The smallest absolute Gasteiger partial charge is 0.341 e. The zero-order valence-corrected chi connectivity index (χ0v) is 15.6. The summed E-state index contributed by atoms with van der Waals surface area (Å²) >= 11 is 11.9. The predicted molar refractivity (Wildman–Crippen MR) is 102 cm³/mol. The van der Waals surface area contributed by atoms with Gasteiger partial charge in [-0.3, -0.25) is 9.59 Å². The highest BCUT2D eigenvalue weighted by Crippen LogP contribution is 2.25. The minimum absolute atomic E-state index is 0.00200. The van der Waals surface area contributed by atoms with Gasteiger partial charge >= 0.3 is 5.97 Å². The number of rotatable bonds is 6. The molecule has 0 aromatic heterocycles. The van der Waals surface area contributed by atoms with E-state index < -0.39 is 18.5 Å². The predicted octanol–water partition coefficient (Wildman–Crippen LogP) is 3.68. The Labute approximate surface area is 165 Å². The average molecular weight is 407 g/mol. The molecule has 0 heterocycles. The first-order valence-corrected chi connectivity index (χ1v) is 9.02. The summed E-state index contributed by atoms with van der Waals surface area (Å²) < 4.78 is 4.98. The lowest BCUT2D eigenvalue weighted by Gasteiger charge is -2.12. The first-order valence-electron chi connectivity index (χ1n) is 8.26. The first kappa shape index (κ1) is 19.2. The van der Waals surface area contributed by atoms with Gasteiger partial charge in [0.25, 0.3) is 11.8 Å². The van der Waals surface area contributed by atoms with Crippen molar-refractivity contribution < 1.29 is 19.1 Å². The van der Waals surface area contributed by atoms with E-state index in [4.69, 9.17) is 27.9 Å². The van der Waals surface area contributed by atoms with Crippen LogP contribution >= 0.6 is 23.2 Å². The number of hydrogen-bond donors (Lipinski definition) is 2. The lowest BCUT2D eigenvalue weighted by molar-refractivity contribution is -0.119. The third kappa shape index (κ3) is 4.99. The van der Waals surface area contributed by atoms with E-state index in [1.54, 1.807) is 30.3 Å². The van der Waals surface area contributed by atoms with Crippen LogP contribution in [0, 0.1) is 0 Å². The molecule has 140 valence electrons. The van der Waals surface area contributed by atoms with Crippen LogP contribution in [-0.2, 0) is 9.53 Å². The monoisotopic (exact) mass is 406 g/mol. The maximum atomic E-state index is 12.2. The Balaban J connectivity index is 1.61. The second kappa shape index (κ2) is 8.41. The molecule has 3 rings (SSSR count). The number of benzene rings is 2. The molecule has 0 bridgehead atoms. The van der Waals surface area contributed by atoms with Crippen LogP contribution < -0.4 is 10.6 Å². The molecule has 0 spiro atoms. The molecule has 2 amide bonds. The van der Waals surface area contributed by atoms with Crippen molar-refractivity contribution in [3.8, 4) is 0 Å². The fraction of sp³-hybridized carbons (Fsp3) is 0.211. The van der Waals surface area contributed by atoms with Crippen molar-refractivity contribution in [3.05, 3.63) is 63.6 Å². The van der Waals surface area contributed by atoms with Crippen LogP contribution in [0.1, 0.15) is 33.6 Å². The second-order valence-electron chi connectivity index (χ2n) is 6.01. The number of anilines is 1. The number of halogens is 2. The van der Waals surface area contributed by atoms with Crippen LogP contribution in [0.5, 0.6) is 0 Å². The third-order valence-electron chi connectivity index (χ3n) is 3.86. The van der Waals surface area contributed by atoms with Crippen LogP contribution in [0.3, 0.4) is 0 Å². The molecular formula is C19H16Cl2N2O4. The normalized spacial score (nSPS) is 13.0. The first-order chi connectivity index (χ1) is 13.0. The Morgan fingerprint density at radius 3 is 2.33 bits per heavy atom. The van der Waals surface area contributed by atoms with E-state index in [1.165, 1.54) is 12.1 Å². The molecule has 1 aliphatic carbocycles. The van der Waals surface area contributed by atoms with Crippen molar-refractivity contribution in [1.29, 1.82) is 0 Å². The maximum absolute atomic E-state index is 12.2. The minimum atomic E-state index is -0.805. The Hall–Kier alpha value is -2.57. The lowest BCUT2D eigenvalue weighted by Crippen LogP contribution is -2.28. The van der Waals surface area contributed by atoms with Crippen molar-refractivity contribution >= 4 is 46.7 Å². The van der Waals surface area contributed by atoms with Crippen molar-refractivity contribution in [3.63, 3.8) is 0 Å². The number of ether oxygens (including phenoxy) is 1. The van der Waals surface area contributed by atoms with Crippen LogP contribution in [0.25, 0.3) is 0 Å². The molecule has 0 radical (unpaired) electrons. The van der Waals surface area contributed by atoms with Gasteiger partial charge < -0.3 is 15.4 Å². The van der Waals surface area contributed by atoms with Crippen LogP contribution in [0.15, 0.2) is 42.5 Å². The Bertz CT molecular complexity index is 877. The van der Waals surface area contributed by atoms with Crippen LogP contribution in [0.2, 0.25) is 10.0 Å². The average Bonchev–Trinajstić information content (AvgIpc) is 3.44. The van der Waals surface area contributed by atoms with Gasteiger partial charge in [-0.15, -0.1) is 0 Å². The fourth-order valence-corrected chi connectivity index (χ4v) is 2.92. The molecule has 1 saturated carbocycles. The van der Waals surface area contributed by atoms with Gasteiger partial charge in [0.2, 0.25) is 0 Å². The summed E-state index contributed by atoms with van der Waals surface area (Å²) in [7, 11) is 0. The highest BCUT2D eigenvalue weighted by Gasteiger charge is 2.25. The molecule has 2 aromatic rings. The van der Waals surface area contributed by atoms with Crippen LogP contribution in [-0.4, -0.2) is 30.4 Å². The number of hydrogen-bond acceptors (Lipinski definition) is 4. The molecule has 6 nitrogen and oxygen atoms in total. The zero-order valence-electron chi connectivity index (χ0n) is 14.1. The molecule has 0 atom stereocenters. The van der Waals surface area contributed by atoms with E-state index in [1.807, 2.05) is 0 Å². The van der Waals surface area contributed by atoms with Crippen molar-refractivity contribution in [2.45, 2.75) is 18.9 Å². The molecule has 0 aliphatic heterocycles. The Kier molecular flexibility index (Phi) is 5.98. The summed E-state index contributed by atoms with van der Waals surface area (Å²) in [5.74, 6) is -1.65. The van der Waals surface area contributed by atoms with Gasteiger partial charge in [-0.25, -0.2) is 4.79 Å². The summed E-state index contributed by atoms with van der Waals surface area (Å²) in [5, 5.41) is 5.71. The number of amides is 2. The van der Waals surface area contributed by atoms with E-state index >= 15 is 0 Å². The van der Waals surface area contributed by atoms with Crippen LogP contribution in [0.4, 0.5) is 5.69 Å².